The highest BCUT2D eigenvalue weighted by Gasteiger charge is 2.20. The van der Waals surface area contributed by atoms with Crippen LogP contribution < -0.4 is 11.1 Å². The maximum Gasteiger partial charge on any atom is 0.289 e. The first kappa shape index (κ1) is 18.1. The van der Waals surface area contributed by atoms with Crippen molar-refractivity contribution >= 4 is 17.5 Å². The molecule has 3 aromatic rings. The molecule has 0 spiro atoms. The second-order valence-corrected chi connectivity index (χ2v) is 6.14. The molecule has 1 aromatic carbocycles. The number of carbonyl (C=O) groups is 1. The highest BCUT2D eigenvalue weighted by atomic mass is 35.5. The van der Waals surface area contributed by atoms with Gasteiger partial charge < -0.3 is 15.5 Å². The van der Waals surface area contributed by atoms with E-state index in [4.69, 9.17) is 21.8 Å². The van der Waals surface area contributed by atoms with E-state index in [9.17, 15) is 9.18 Å². The number of hydrogen-bond acceptors (Lipinski definition) is 5. The molecule has 0 aliphatic rings. The van der Waals surface area contributed by atoms with E-state index in [1.54, 1.807) is 19.2 Å². The van der Waals surface area contributed by atoms with Gasteiger partial charge in [-0.25, -0.2) is 9.37 Å². The Balaban J connectivity index is 1.71. The molecule has 136 valence electrons. The van der Waals surface area contributed by atoms with Gasteiger partial charge in [-0.15, -0.1) is 0 Å². The van der Waals surface area contributed by atoms with Crippen molar-refractivity contribution in [1.29, 1.82) is 0 Å². The minimum absolute atomic E-state index is 0.0231. The molecule has 1 amide bonds. The molecule has 2 aromatic heterocycles. The molecule has 2 heterocycles. The third-order valence-electron chi connectivity index (χ3n) is 3.82. The third kappa shape index (κ3) is 3.92. The van der Waals surface area contributed by atoms with Crippen molar-refractivity contribution in [1.82, 2.24) is 20.1 Å². The lowest BCUT2D eigenvalue weighted by Gasteiger charge is -2.16. The van der Waals surface area contributed by atoms with Crippen LogP contribution in [0.1, 0.15) is 16.1 Å². The first-order valence-electron chi connectivity index (χ1n) is 7.87. The summed E-state index contributed by atoms with van der Waals surface area (Å²) >= 11 is 6.05. The second-order valence-electron chi connectivity index (χ2n) is 5.73. The number of nitrogens with two attached hydrogens (primary N) is 1. The van der Waals surface area contributed by atoms with Gasteiger partial charge in [0.1, 0.15) is 11.5 Å². The largest absolute Gasteiger partial charge is 0.429 e. The average Bonchev–Trinajstić information content (AvgIpc) is 3.21. The predicted molar refractivity (Wildman–Crippen MR) is 94.1 cm³/mol. The van der Waals surface area contributed by atoms with Gasteiger partial charge in [-0.3, -0.25) is 9.48 Å². The molecule has 26 heavy (non-hydrogen) atoms. The van der Waals surface area contributed by atoms with Crippen LogP contribution in [0.2, 0.25) is 5.02 Å². The van der Waals surface area contributed by atoms with E-state index in [0.29, 0.717) is 17.1 Å². The SMILES string of the molecule is Cn1ncc(Cl)c1-c1ncc(C(=O)NC(CN)Cc2cccc(F)c2)o1. The molecule has 7 nitrogen and oxygen atoms in total. The van der Waals surface area contributed by atoms with E-state index in [2.05, 4.69) is 15.4 Å². The summed E-state index contributed by atoms with van der Waals surface area (Å²) in [4.78, 5) is 16.5. The Kier molecular flexibility index (Phi) is 5.34. The normalized spacial score (nSPS) is 12.2. The molecule has 0 bridgehead atoms. The van der Waals surface area contributed by atoms with Gasteiger partial charge in [-0.2, -0.15) is 5.10 Å². The number of aryl methyl sites for hydroxylation is 1. The van der Waals surface area contributed by atoms with Crippen molar-refractivity contribution in [3.63, 3.8) is 0 Å². The van der Waals surface area contributed by atoms with Gasteiger partial charge in [-0.05, 0) is 24.1 Å². The Morgan fingerprint density at radius 1 is 1.46 bits per heavy atom. The number of aromatic nitrogens is 3. The van der Waals surface area contributed by atoms with Gasteiger partial charge in [0.15, 0.2) is 0 Å². The van der Waals surface area contributed by atoms with Crippen molar-refractivity contribution in [3.8, 4) is 11.6 Å². The van der Waals surface area contributed by atoms with E-state index < -0.39 is 5.91 Å². The van der Waals surface area contributed by atoms with Gasteiger partial charge in [0, 0.05) is 19.6 Å². The van der Waals surface area contributed by atoms with Crippen LogP contribution in [0.15, 0.2) is 41.1 Å². The first-order chi connectivity index (χ1) is 12.5. The summed E-state index contributed by atoms with van der Waals surface area (Å²) in [6.07, 6.45) is 3.17. The molecule has 0 aliphatic heterocycles. The van der Waals surface area contributed by atoms with Crippen LogP contribution in [0.4, 0.5) is 4.39 Å². The lowest BCUT2D eigenvalue weighted by molar-refractivity contribution is 0.0911. The molecule has 3 N–H and O–H groups in total. The number of carbonyl (C=O) groups excluding carboxylic acids is 1. The molecule has 0 aliphatic carbocycles. The summed E-state index contributed by atoms with van der Waals surface area (Å²) < 4.78 is 20.3. The number of benzene rings is 1. The quantitative estimate of drug-likeness (QED) is 0.685. The van der Waals surface area contributed by atoms with Crippen LogP contribution in [-0.2, 0) is 13.5 Å². The minimum Gasteiger partial charge on any atom is -0.429 e. The number of rotatable bonds is 6. The summed E-state index contributed by atoms with van der Waals surface area (Å²) in [6, 6.07) is 5.78. The van der Waals surface area contributed by atoms with Gasteiger partial charge in [0.05, 0.1) is 17.4 Å². The molecule has 0 radical (unpaired) electrons. The Labute approximate surface area is 154 Å². The smallest absolute Gasteiger partial charge is 0.289 e. The van der Waals surface area contributed by atoms with E-state index >= 15 is 0 Å². The molecule has 1 unspecified atom stereocenters. The van der Waals surface area contributed by atoms with Crippen molar-refractivity contribution in [2.75, 3.05) is 6.54 Å². The number of halogens is 2. The van der Waals surface area contributed by atoms with Crippen LogP contribution in [-0.4, -0.2) is 33.3 Å². The number of hydrogen-bond donors (Lipinski definition) is 2. The lowest BCUT2D eigenvalue weighted by atomic mass is 10.1. The molecule has 3 rings (SSSR count). The minimum atomic E-state index is -0.464. The topological polar surface area (TPSA) is 99.0 Å². The van der Waals surface area contributed by atoms with Crippen LogP contribution in [0, 0.1) is 5.82 Å². The zero-order valence-corrected chi connectivity index (χ0v) is 14.7. The van der Waals surface area contributed by atoms with E-state index in [0.717, 1.165) is 5.56 Å². The average molecular weight is 378 g/mol. The standard InChI is InChI=1S/C17H17ClFN5O2/c1-24-15(13(18)8-22-24)17-21-9-14(26-17)16(25)23-12(7-20)6-10-3-2-4-11(19)5-10/h2-5,8-9,12H,6-7,20H2,1H3,(H,23,25). The van der Waals surface area contributed by atoms with Crippen LogP contribution in [0.3, 0.4) is 0 Å². The zero-order valence-electron chi connectivity index (χ0n) is 13.9. The Morgan fingerprint density at radius 3 is 2.92 bits per heavy atom. The molecule has 0 fully saturated rings. The van der Waals surface area contributed by atoms with Crippen molar-refractivity contribution in [2.45, 2.75) is 12.5 Å². The fourth-order valence-electron chi connectivity index (χ4n) is 2.54. The summed E-state index contributed by atoms with van der Waals surface area (Å²) in [6.45, 7) is 0.191. The summed E-state index contributed by atoms with van der Waals surface area (Å²) in [5, 5.41) is 7.13. The van der Waals surface area contributed by atoms with Gasteiger partial charge in [-0.1, -0.05) is 23.7 Å². The van der Waals surface area contributed by atoms with Crippen molar-refractivity contribution in [3.05, 3.63) is 58.8 Å². The Hall–Kier alpha value is -2.71. The summed E-state index contributed by atoms with van der Waals surface area (Å²) in [5.74, 6) is -0.587. The number of nitrogens with one attached hydrogen (secondary N) is 1. The highest BCUT2D eigenvalue weighted by molar-refractivity contribution is 6.32. The van der Waals surface area contributed by atoms with Crippen molar-refractivity contribution in [2.24, 2.45) is 12.8 Å². The lowest BCUT2D eigenvalue weighted by Crippen LogP contribution is -2.41. The monoisotopic (exact) mass is 377 g/mol. The molecule has 0 saturated heterocycles. The molecule has 0 saturated carbocycles. The molecular weight excluding hydrogens is 361 g/mol. The number of oxazole rings is 1. The Bertz CT molecular complexity index is 904. The second kappa shape index (κ2) is 7.67. The van der Waals surface area contributed by atoms with Gasteiger partial charge in [0.25, 0.3) is 5.91 Å². The van der Waals surface area contributed by atoms with Crippen LogP contribution >= 0.6 is 11.6 Å². The maximum atomic E-state index is 13.3. The molecule has 1 atom stereocenters. The fraction of sp³-hybridized carbons (Fsp3) is 0.235. The van der Waals surface area contributed by atoms with E-state index in [1.807, 2.05) is 0 Å². The molecule has 9 heteroatoms. The number of amides is 1. The highest BCUT2D eigenvalue weighted by Crippen LogP contribution is 2.26. The fourth-order valence-corrected chi connectivity index (χ4v) is 2.78. The first-order valence-corrected chi connectivity index (χ1v) is 8.24. The zero-order chi connectivity index (χ0) is 18.7. The van der Waals surface area contributed by atoms with Gasteiger partial charge in [0.2, 0.25) is 11.7 Å². The molecular formula is C17H17ClFN5O2. The summed E-state index contributed by atoms with van der Waals surface area (Å²) in [5.41, 5.74) is 6.93. The van der Waals surface area contributed by atoms with Gasteiger partial charge >= 0.3 is 0 Å². The number of nitrogens with zero attached hydrogens (tertiary/aromatic N) is 3. The van der Waals surface area contributed by atoms with E-state index in [-0.39, 0.29) is 30.1 Å². The van der Waals surface area contributed by atoms with Crippen LogP contribution in [0.5, 0.6) is 0 Å². The van der Waals surface area contributed by atoms with Crippen LogP contribution in [0.25, 0.3) is 11.6 Å². The predicted octanol–water partition coefficient (Wildman–Crippen LogP) is 2.17. The Morgan fingerprint density at radius 2 is 2.27 bits per heavy atom. The maximum absolute atomic E-state index is 13.3. The third-order valence-corrected chi connectivity index (χ3v) is 4.09. The summed E-state index contributed by atoms with van der Waals surface area (Å²) in [7, 11) is 1.69. The van der Waals surface area contributed by atoms with Crippen molar-refractivity contribution < 1.29 is 13.6 Å². The van der Waals surface area contributed by atoms with E-state index in [1.165, 1.54) is 29.2 Å².